The molecule has 1 heterocycles. The fourth-order valence-electron chi connectivity index (χ4n) is 3.07. The van der Waals surface area contributed by atoms with Gasteiger partial charge in [-0.2, -0.15) is 0 Å². The maximum Gasteiger partial charge on any atom is 0.258 e. The molecule has 0 bridgehead atoms. The molecule has 3 rings (SSSR count). The van der Waals surface area contributed by atoms with Crippen LogP contribution in [0.4, 0.5) is 8.78 Å². The number of alkyl halides is 2. The van der Waals surface area contributed by atoms with Gasteiger partial charge in [-0.15, -0.1) is 0 Å². The van der Waals surface area contributed by atoms with Gasteiger partial charge in [-0.05, 0) is 42.7 Å². The normalized spacial score (nSPS) is 23.9. The molecule has 106 valence electrons. The average Bonchev–Trinajstić information content (AvgIpc) is 2.74. The van der Waals surface area contributed by atoms with Crippen LogP contribution in [0.1, 0.15) is 29.9 Å². The Bertz CT molecular complexity index is 635. The van der Waals surface area contributed by atoms with Crippen LogP contribution in [0.5, 0.6) is 0 Å². The summed E-state index contributed by atoms with van der Waals surface area (Å²) in [6.07, 6.45) is 1.66. The molecule has 1 fully saturated rings. The minimum absolute atomic E-state index is 0.00117. The molecule has 1 amide bonds. The van der Waals surface area contributed by atoms with E-state index in [1.165, 1.54) is 6.26 Å². The lowest BCUT2D eigenvalue weighted by molar-refractivity contribution is -0.118. The number of rotatable bonds is 4. The molecule has 0 aromatic rings. The van der Waals surface area contributed by atoms with Gasteiger partial charge in [-0.3, -0.25) is 4.79 Å². The van der Waals surface area contributed by atoms with Crippen molar-refractivity contribution in [2.45, 2.75) is 31.6 Å². The SMILES string of the molecule is Cc1cc2occcc-2c1C1C(CCC(N)=O)C1(F)F. The van der Waals surface area contributed by atoms with Gasteiger partial charge in [0.15, 0.2) is 0 Å². The van der Waals surface area contributed by atoms with E-state index >= 15 is 0 Å². The van der Waals surface area contributed by atoms with Gasteiger partial charge in [-0.1, -0.05) is 0 Å². The Kier molecular flexibility index (Phi) is 2.81. The van der Waals surface area contributed by atoms with E-state index in [9.17, 15) is 13.6 Å². The maximum atomic E-state index is 14.0. The molecule has 2 atom stereocenters. The molecule has 20 heavy (non-hydrogen) atoms. The Hall–Kier alpha value is -1.91. The monoisotopic (exact) mass is 279 g/mol. The zero-order valence-corrected chi connectivity index (χ0v) is 11.0. The fraction of sp³-hybridized carbons (Fsp3) is 0.400. The first-order valence-corrected chi connectivity index (χ1v) is 6.55. The first-order chi connectivity index (χ1) is 9.43. The van der Waals surface area contributed by atoms with Crippen LogP contribution in [0, 0.1) is 12.8 Å². The Labute approximate surface area is 115 Å². The molecule has 1 saturated carbocycles. The molecule has 3 nitrogen and oxygen atoms in total. The predicted octanol–water partition coefficient (Wildman–Crippen LogP) is 3.31. The van der Waals surface area contributed by atoms with Gasteiger partial charge in [0.2, 0.25) is 5.91 Å². The minimum atomic E-state index is -2.77. The lowest BCUT2D eigenvalue weighted by atomic mass is 10.0. The Morgan fingerprint density at radius 3 is 2.95 bits per heavy atom. The largest absolute Gasteiger partial charge is 0.464 e. The Morgan fingerprint density at radius 1 is 1.50 bits per heavy atom. The summed E-state index contributed by atoms with van der Waals surface area (Å²) in [5.74, 6) is -4.32. The predicted molar refractivity (Wildman–Crippen MR) is 69.7 cm³/mol. The molecule has 0 aromatic carbocycles. The summed E-state index contributed by atoms with van der Waals surface area (Å²) in [7, 11) is 0. The summed E-state index contributed by atoms with van der Waals surface area (Å²) in [6, 6.07) is 5.27. The highest BCUT2D eigenvalue weighted by atomic mass is 19.3. The zero-order valence-electron chi connectivity index (χ0n) is 11.0. The first kappa shape index (κ1) is 13.1. The third-order valence-electron chi connectivity index (χ3n) is 4.08. The van der Waals surface area contributed by atoms with E-state index in [1.807, 2.05) is 6.92 Å². The summed E-state index contributed by atoms with van der Waals surface area (Å²) in [6.45, 7) is 1.81. The highest BCUT2D eigenvalue weighted by molar-refractivity contribution is 5.74. The van der Waals surface area contributed by atoms with Crippen LogP contribution in [0.15, 0.2) is 28.9 Å². The van der Waals surface area contributed by atoms with Crippen LogP contribution in [-0.4, -0.2) is 11.8 Å². The number of aryl methyl sites for hydroxylation is 1. The molecular formula is C15H15F2NO2. The van der Waals surface area contributed by atoms with Crippen molar-refractivity contribution >= 4 is 5.91 Å². The summed E-state index contributed by atoms with van der Waals surface area (Å²) >= 11 is 0. The highest BCUT2D eigenvalue weighted by Crippen LogP contribution is 2.65. The Morgan fingerprint density at radius 2 is 2.25 bits per heavy atom. The van der Waals surface area contributed by atoms with Crippen LogP contribution in [0.2, 0.25) is 0 Å². The van der Waals surface area contributed by atoms with E-state index < -0.39 is 23.7 Å². The number of carbonyl (C=O) groups excluding carboxylic acids is 1. The van der Waals surface area contributed by atoms with Gasteiger partial charge in [-0.25, -0.2) is 8.78 Å². The molecule has 2 unspecified atom stereocenters. The number of hydrogen-bond donors (Lipinski definition) is 1. The molecular weight excluding hydrogens is 264 g/mol. The molecule has 2 aliphatic carbocycles. The van der Waals surface area contributed by atoms with Crippen molar-refractivity contribution in [3.63, 3.8) is 0 Å². The molecule has 5 heteroatoms. The number of primary amides is 1. The van der Waals surface area contributed by atoms with E-state index in [0.29, 0.717) is 11.3 Å². The van der Waals surface area contributed by atoms with Crippen LogP contribution in [0.25, 0.3) is 11.3 Å². The van der Waals surface area contributed by atoms with Gasteiger partial charge in [0.1, 0.15) is 5.76 Å². The van der Waals surface area contributed by atoms with Gasteiger partial charge in [0, 0.05) is 17.9 Å². The van der Waals surface area contributed by atoms with E-state index in [0.717, 1.165) is 11.1 Å². The molecule has 1 aliphatic heterocycles. The van der Waals surface area contributed by atoms with Crippen molar-refractivity contribution in [3.05, 3.63) is 35.6 Å². The zero-order chi connectivity index (χ0) is 14.5. The lowest BCUT2D eigenvalue weighted by Gasteiger charge is -2.03. The van der Waals surface area contributed by atoms with Gasteiger partial charge < -0.3 is 10.2 Å². The molecule has 0 saturated heterocycles. The Balaban J connectivity index is 1.92. The highest BCUT2D eigenvalue weighted by Gasteiger charge is 2.68. The number of nitrogens with two attached hydrogens (primary N) is 1. The summed E-state index contributed by atoms with van der Waals surface area (Å²) in [4.78, 5) is 10.8. The molecule has 0 radical (unpaired) electrons. The lowest BCUT2D eigenvalue weighted by Crippen LogP contribution is -2.10. The van der Waals surface area contributed by atoms with Crippen molar-refractivity contribution in [2.75, 3.05) is 0 Å². The van der Waals surface area contributed by atoms with Crippen molar-refractivity contribution in [1.82, 2.24) is 0 Å². The van der Waals surface area contributed by atoms with Gasteiger partial charge in [0.05, 0.1) is 12.2 Å². The van der Waals surface area contributed by atoms with E-state index in [2.05, 4.69) is 0 Å². The molecule has 3 aliphatic rings. The second-order valence-corrected chi connectivity index (χ2v) is 5.40. The van der Waals surface area contributed by atoms with E-state index in [-0.39, 0.29) is 12.8 Å². The second-order valence-electron chi connectivity index (χ2n) is 5.40. The fourth-order valence-corrected chi connectivity index (χ4v) is 3.07. The topological polar surface area (TPSA) is 56.2 Å². The third kappa shape index (κ3) is 1.88. The van der Waals surface area contributed by atoms with Gasteiger partial charge in [0.25, 0.3) is 5.92 Å². The number of fused-ring (bicyclic) bond motifs is 1. The van der Waals surface area contributed by atoms with Gasteiger partial charge >= 0.3 is 0 Å². The molecule has 2 N–H and O–H groups in total. The average molecular weight is 279 g/mol. The van der Waals surface area contributed by atoms with Crippen molar-refractivity contribution in [2.24, 2.45) is 11.7 Å². The maximum absolute atomic E-state index is 14.0. The van der Waals surface area contributed by atoms with Crippen molar-refractivity contribution in [1.29, 1.82) is 0 Å². The van der Waals surface area contributed by atoms with Crippen molar-refractivity contribution < 1.29 is 18.0 Å². The number of halogens is 2. The summed E-state index contributed by atoms with van der Waals surface area (Å²) in [5, 5.41) is 0. The smallest absolute Gasteiger partial charge is 0.258 e. The number of carbonyl (C=O) groups is 1. The summed E-state index contributed by atoms with van der Waals surface area (Å²) < 4.78 is 33.3. The first-order valence-electron chi connectivity index (χ1n) is 6.55. The van der Waals surface area contributed by atoms with Crippen LogP contribution in [0.3, 0.4) is 0 Å². The van der Waals surface area contributed by atoms with Crippen LogP contribution >= 0.6 is 0 Å². The van der Waals surface area contributed by atoms with E-state index in [1.54, 1.807) is 18.2 Å². The third-order valence-corrected chi connectivity index (χ3v) is 4.08. The molecule has 0 spiro atoms. The van der Waals surface area contributed by atoms with Crippen LogP contribution < -0.4 is 5.73 Å². The number of hydrogen-bond acceptors (Lipinski definition) is 2. The van der Waals surface area contributed by atoms with Crippen molar-refractivity contribution in [3.8, 4) is 11.3 Å². The van der Waals surface area contributed by atoms with E-state index in [4.69, 9.17) is 10.2 Å². The quantitative estimate of drug-likeness (QED) is 0.933. The molecule has 0 aromatic heterocycles. The number of amides is 1. The summed E-state index contributed by atoms with van der Waals surface area (Å²) in [5.41, 5.74) is 7.22. The standard InChI is InChI=1S/C15H15F2NO2/c1-8-7-11-9(3-2-6-20-11)13(8)14-10(15(14,16)17)4-5-12(18)19/h2-3,6-7,10,14H,4-5H2,1H3,(H2,18,19). The second kappa shape index (κ2) is 4.30. The minimum Gasteiger partial charge on any atom is -0.464 e. The van der Waals surface area contributed by atoms with Crippen LogP contribution in [-0.2, 0) is 4.79 Å².